The van der Waals surface area contributed by atoms with Gasteiger partial charge in [0, 0.05) is 17.1 Å². The number of nitrogens with zero attached hydrogens (tertiary/aromatic N) is 1. The van der Waals surface area contributed by atoms with Crippen molar-refractivity contribution in [2.45, 2.75) is 82.0 Å². The highest BCUT2D eigenvalue weighted by atomic mass is 15.1. The molecule has 0 aliphatic heterocycles. The van der Waals surface area contributed by atoms with Gasteiger partial charge in [-0.2, -0.15) is 0 Å². The van der Waals surface area contributed by atoms with Gasteiger partial charge < -0.3 is 4.90 Å². The lowest BCUT2D eigenvalue weighted by atomic mass is 9.48. The van der Waals surface area contributed by atoms with Gasteiger partial charge in [-0.05, 0) is 204 Å². The Morgan fingerprint density at radius 3 is 1.33 bits per heavy atom. The van der Waals surface area contributed by atoms with E-state index >= 15 is 0 Å². The summed E-state index contributed by atoms with van der Waals surface area (Å²) in [5.74, 6) is 6.94. The zero-order chi connectivity index (χ0) is 37.5. The van der Waals surface area contributed by atoms with E-state index in [2.05, 4.69) is 157 Å². The minimum atomic E-state index is 0.406. The van der Waals surface area contributed by atoms with E-state index in [-0.39, 0.29) is 0 Å². The Labute approximate surface area is 340 Å². The molecule has 0 atom stereocenters. The molecule has 0 amide bonds. The molecule has 8 aliphatic rings. The van der Waals surface area contributed by atoms with E-state index in [1.807, 2.05) is 0 Å². The van der Waals surface area contributed by atoms with Gasteiger partial charge in [-0.1, -0.05) is 115 Å². The van der Waals surface area contributed by atoms with Crippen molar-refractivity contribution in [3.8, 4) is 33.4 Å². The first-order valence-corrected chi connectivity index (χ1v) is 22.5. The van der Waals surface area contributed by atoms with Gasteiger partial charge in [0.15, 0.2) is 0 Å². The van der Waals surface area contributed by atoms with Crippen molar-refractivity contribution in [3.05, 3.63) is 163 Å². The van der Waals surface area contributed by atoms with Gasteiger partial charge in [0.25, 0.3) is 0 Å². The number of rotatable bonds is 8. The average Bonchev–Trinajstić information content (AvgIpc) is 3.24. The normalized spacial score (nSPS) is 30.5. The van der Waals surface area contributed by atoms with Gasteiger partial charge in [0.05, 0.1) is 0 Å². The Morgan fingerprint density at radius 1 is 0.368 bits per heavy atom. The van der Waals surface area contributed by atoms with E-state index in [1.165, 1.54) is 121 Å². The van der Waals surface area contributed by atoms with E-state index in [0.717, 1.165) is 41.4 Å². The quantitative estimate of drug-likeness (QED) is 0.150. The van der Waals surface area contributed by atoms with Crippen molar-refractivity contribution < 1.29 is 0 Å². The van der Waals surface area contributed by atoms with Crippen molar-refractivity contribution in [2.75, 3.05) is 4.90 Å². The van der Waals surface area contributed by atoms with Crippen LogP contribution in [-0.2, 0) is 5.41 Å². The molecule has 0 aromatic heterocycles. The third-order valence-electron chi connectivity index (χ3n) is 16.2. The molecule has 57 heavy (non-hydrogen) atoms. The molecule has 14 rings (SSSR count). The molecule has 0 spiro atoms. The van der Waals surface area contributed by atoms with Crippen LogP contribution in [0.2, 0.25) is 0 Å². The summed E-state index contributed by atoms with van der Waals surface area (Å²) in [6.07, 6.45) is 15.9. The van der Waals surface area contributed by atoms with Crippen molar-refractivity contribution >= 4 is 17.1 Å². The van der Waals surface area contributed by atoms with Crippen LogP contribution in [0.1, 0.15) is 87.7 Å². The minimum Gasteiger partial charge on any atom is -0.310 e. The molecular formula is C56H55N. The van der Waals surface area contributed by atoms with E-state index in [9.17, 15) is 0 Å². The van der Waals surface area contributed by atoms with Crippen molar-refractivity contribution in [2.24, 2.45) is 41.4 Å². The summed E-state index contributed by atoms with van der Waals surface area (Å²) in [6, 6.07) is 58.0. The minimum absolute atomic E-state index is 0.406. The largest absolute Gasteiger partial charge is 0.310 e. The van der Waals surface area contributed by atoms with Crippen LogP contribution in [0, 0.1) is 41.4 Å². The molecule has 0 heterocycles. The molecule has 8 saturated carbocycles. The summed E-state index contributed by atoms with van der Waals surface area (Å²) in [5, 5.41) is 0. The third-order valence-corrected chi connectivity index (χ3v) is 16.2. The summed E-state index contributed by atoms with van der Waals surface area (Å²) in [7, 11) is 0. The monoisotopic (exact) mass is 741 g/mol. The summed E-state index contributed by atoms with van der Waals surface area (Å²) in [4.78, 5) is 2.60. The van der Waals surface area contributed by atoms with Crippen LogP contribution in [0.5, 0.6) is 0 Å². The fraction of sp³-hybridized carbons (Fsp3) is 0.357. The molecule has 0 N–H and O–H groups in total. The second kappa shape index (κ2) is 13.6. The van der Waals surface area contributed by atoms with Gasteiger partial charge in [-0.25, -0.2) is 0 Å². The SMILES string of the molecule is c1ccc(-c2ccc(N(c3ccc(-c4ccccc4)cc3)c3ccc(-c4cccc(C56CC7CC(CC(C7)C5)C6)c4)cc3C3C4CC5CC(C4)CC3C5)cc2)cc1. The van der Waals surface area contributed by atoms with Crippen molar-refractivity contribution in [1.82, 2.24) is 0 Å². The Bertz CT molecular complexity index is 2240. The molecule has 0 saturated heterocycles. The second-order valence-electron chi connectivity index (χ2n) is 19.7. The summed E-state index contributed by atoms with van der Waals surface area (Å²) in [5.41, 5.74) is 15.3. The van der Waals surface area contributed by atoms with E-state index in [1.54, 1.807) is 11.1 Å². The zero-order valence-corrected chi connectivity index (χ0v) is 33.3. The summed E-state index contributed by atoms with van der Waals surface area (Å²) in [6.45, 7) is 0. The molecule has 284 valence electrons. The van der Waals surface area contributed by atoms with Crippen LogP contribution in [0.15, 0.2) is 152 Å². The summed E-state index contributed by atoms with van der Waals surface area (Å²) < 4.78 is 0. The van der Waals surface area contributed by atoms with Gasteiger partial charge in [0.2, 0.25) is 0 Å². The van der Waals surface area contributed by atoms with E-state index < -0.39 is 0 Å². The Morgan fingerprint density at radius 2 is 0.807 bits per heavy atom. The zero-order valence-electron chi connectivity index (χ0n) is 33.3. The highest BCUT2D eigenvalue weighted by Crippen LogP contribution is 2.63. The molecule has 1 nitrogen and oxygen atoms in total. The standard InChI is InChI=1S/C56H55N/c1-3-8-42(9-4-1)44-14-19-51(20-15-44)57(52-21-16-45(17-22-52)43-10-5-2-6-11-43)54-23-18-47(33-53(54)55-48-28-37-24-38(30-48)31-49(55)29-37)46-12-7-13-50(32-46)56-34-39-25-40(35-56)27-41(26-39)36-56/h1-23,32-33,37-41,48-49,55H,24-31,34-36H2. The van der Waals surface area contributed by atoms with Crippen LogP contribution < -0.4 is 4.90 Å². The van der Waals surface area contributed by atoms with Gasteiger partial charge in [-0.3, -0.25) is 0 Å². The maximum absolute atomic E-state index is 2.69. The maximum atomic E-state index is 2.69. The van der Waals surface area contributed by atoms with Gasteiger partial charge in [0.1, 0.15) is 0 Å². The lowest BCUT2D eigenvalue weighted by molar-refractivity contribution is -0.00516. The molecule has 8 fully saturated rings. The smallest absolute Gasteiger partial charge is 0.0497 e. The lowest BCUT2D eigenvalue weighted by Crippen LogP contribution is -2.48. The third kappa shape index (κ3) is 6.02. The van der Waals surface area contributed by atoms with Gasteiger partial charge >= 0.3 is 0 Å². The average molecular weight is 742 g/mol. The number of hydrogen-bond acceptors (Lipinski definition) is 1. The fourth-order valence-electron chi connectivity index (χ4n) is 14.4. The first kappa shape index (κ1) is 34.2. The lowest BCUT2D eigenvalue weighted by Gasteiger charge is -2.57. The van der Waals surface area contributed by atoms with Crippen LogP contribution in [-0.4, -0.2) is 0 Å². The molecule has 8 bridgehead atoms. The fourth-order valence-corrected chi connectivity index (χ4v) is 14.4. The Kier molecular flexibility index (Phi) is 8.17. The van der Waals surface area contributed by atoms with E-state index in [0.29, 0.717) is 11.3 Å². The van der Waals surface area contributed by atoms with Crippen molar-refractivity contribution in [1.29, 1.82) is 0 Å². The van der Waals surface area contributed by atoms with E-state index in [4.69, 9.17) is 0 Å². The topological polar surface area (TPSA) is 3.24 Å². The highest BCUT2D eigenvalue weighted by Gasteiger charge is 2.52. The van der Waals surface area contributed by atoms with Crippen LogP contribution >= 0.6 is 0 Å². The second-order valence-corrected chi connectivity index (χ2v) is 19.7. The summed E-state index contributed by atoms with van der Waals surface area (Å²) >= 11 is 0. The molecule has 0 unspecified atom stereocenters. The first-order chi connectivity index (χ1) is 28.1. The Balaban J connectivity index is 0.993. The number of anilines is 3. The Hall–Kier alpha value is -4.88. The molecule has 0 radical (unpaired) electrons. The first-order valence-electron chi connectivity index (χ1n) is 22.5. The van der Waals surface area contributed by atoms with Crippen LogP contribution in [0.25, 0.3) is 33.4 Å². The van der Waals surface area contributed by atoms with Gasteiger partial charge in [-0.15, -0.1) is 0 Å². The molecule has 6 aromatic carbocycles. The van der Waals surface area contributed by atoms with Crippen LogP contribution in [0.3, 0.4) is 0 Å². The molecule has 1 heteroatoms. The molecular weight excluding hydrogens is 687 g/mol. The molecule has 8 aliphatic carbocycles. The molecule has 6 aromatic rings. The maximum Gasteiger partial charge on any atom is 0.0497 e. The predicted molar refractivity (Wildman–Crippen MR) is 237 cm³/mol. The predicted octanol–water partition coefficient (Wildman–Crippen LogP) is 15.2. The number of benzene rings is 6. The number of hydrogen-bond donors (Lipinski definition) is 0. The highest BCUT2D eigenvalue weighted by molar-refractivity contribution is 5.83. The van der Waals surface area contributed by atoms with Crippen molar-refractivity contribution in [3.63, 3.8) is 0 Å². The van der Waals surface area contributed by atoms with Crippen LogP contribution in [0.4, 0.5) is 17.1 Å².